The van der Waals surface area contributed by atoms with Crippen LogP contribution in [0.1, 0.15) is 0 Å². The van der Waals surface area contributed by atoms with Crippen LogP contribution in [0.15, 0.2) is 199 Å². The van der Waals surface area contributed by atoms with Crippen LogP contribution in [0.25, 0.3) is 112 Å². The zero-order chi connectivity index (χ0) is 38.9. The molecule has 0 saturated heterocycles. The number of furan rings is 1. The van der Waals surface area contributed by atoms with Crippen molar-refractivity contribution in [2.45, 2.75) is 0 Å². The van der Waals surface area contributed by atoms with Gasteiger partial charge in [-0.25, -0.2) is 19.9 Å². The van der Waals surface area contributed by atoms with Gasteiger partial charge in [-0.2, -0.15) is 4.57 Å². The van der Waals surface area contributed by atoms with Crippen LogP contribution in [-0.2, 0) is 0 Å². The Bertz CT molecular complexity index is 3550. The van der Waals surface area contributed by atoms with Crippen molar-refractivity contribution in [2.75, 3.05) is 0 Å². The summed E-state index contributed by atoms with van der Waals surface area (Å²) < 4.78 is 11.3. The molecule has 12 aromatic rings. The van der Waals surface area contributed by atoms with E-state index in [1.807, 2.05) is 48.5 Å². The average Bonchev–Trinajstić information content (AvgIpc) is 4.00. The van der Waals surface area contributed by atoms with E-state index in [4.69, 9.17) is 19.4 Å². The maximum absolute atomic E-state index is 6.68. The largest absolute Gasteiger partial charge is 0.456 e. The highest BCUT2D eigenvalue weighted by molar-refractivity contribution is 6.18. The van der Waals surface area contributed by atoms with Crippen molar-refractivity contribution >= 4 is 54.8 Å². The number of hydrogen-bond donors (Lipinski definition) is 1. The van der Waals surface area contributed by atoms with Crippen LogP contribution in [0.5, 0.6) is 0 Å². The van der Waals surface area contributed by atoms with Gasteiger partial charge in [0.2, 0.25) is 0 Å². The molecule has 1 N–H and O–H groups in total. The average molecular weight is 758 g/mol. The third-order valence-corrected chi connectivity index (χ3v) is 11.3. The first-order valence-electron chi connectivity index (χ1n) is 19.7. The lowest BCUT2D eigenvalue weighted by atomic mass is 10.0. The molecule has 0 radical (unpaired) electrons. The molecule has 0 atom stereocenters. The van der Waals surface area contributed by atoms with Crippen molar-refractivity contribution in [3.8, 4) is 56.9 Å². The molecule has 7 heteroatoms. The Labute approximate surface area is 338 Å². The van der Waals surface area contributed by atoms with Gasteiger partial charge in [0.05, 0.1) is 16.6 Å². The van der Waals surface area contributed by atoms with Gasteiger partial charge >= 0.3 is 0 Å². The van der Waals surface area contributed by atoms with E-state index in [0.29, 0.717) is 17.5 Å². The van der Waals surface area contributed by atoms with Gasteiger partial charge in [-0.05, 0) is 66.7 Å². The molecule has 276 valence electrons. The van der Waals surface area contributed by atoms with Crippen molar-refractivity contribution in [1.29, 1.82) is 0 Å². The summed E-state index contributed by atoms with van der Waals surface area (Å²) in [6.45, 7) is 0. The van der Waals surface area contributed by atoms with E-state index in [9.17, 15) is 0 Å². The molecule has 0 amide bonds. The zero-order valence-corrected chi connectivity index (χ0v) is 31.6. The summed E-state index contributed by atoms with van der Waals surface area (Å²) >= 11 is 0. The number of hydrogen-bond acceptors (Lipinski definition) is 4. The first-order chi connectivity index (χ1) is 29.3. The third-order valence-electron chi connectivity index (χ3n) is 11.3. The molecule has 0 aliphatic rings. The molecule has 59 heavy (non-hydrogen) atoms. The van der Waals surface area contributed by atoms with E-state index in [1.165, 1.54) is 0 Å². The van der Waals surface area contributed by atoms with E-state index in [2.05, 4.69) is 160 Å². The van der Waals surface area contributed by atoms with Gasteiger partial charge in [-0.15, -0.1) is 0 Å². The lowest BCUT2D eigenvalue weighted by molar-refractivity contribution is -0.554. The van der Waals surface area contributed by atoms with Gasteiger partial charge in [0.1, 0.15) is 16.9 Å². The summed E-state index contributed by atoms with van der Waals surface area (Å²) in [6, 6.07) is 66.9. The number of para-hydroxylation sites is 5. The van der Waals surface area contributed by atoms with Gasteiger partial charge < -0.3 is 8.98 Å². The predicted octanol–water partition coefficient (Wildman–Crippen LogP) is 12.3. The first kappa shape index (κ1) is 33.0. The van der Waals surface area contributed by atoms with Crippen LogP contribution in [0.2, 0.25) is 0 Å². The lowest BCUT2D eigenvalue weighted by Gasteiger charge is -2.11. The fraction of sp³-hybridized carbons (Fsp3) is 0. The van der Waals surface area contributed by atoms with Gasteiger partial charge in [-0.1, -0.05) is 127 Å². The fourth-order valence-corrected chi connectivity index (χ4v) is 8.76. The number of nitrogens with one attached hydrogen (secondary N) is 1. The Hall–Kier alpha value is -8.16. The van der Waals surface area contributed by atoms with Crippen LogP contribution >= 0.6 is 0 Å². The first-order valence-corrected chi connectivity index (χ1v) is 19.7. The second kappa shape index (κ2) is 13.2. The molecule has 0 aliphatic heterocycles. The number of H-pyrrole nitrogens is 1. The number of imidazole rings is 1. The molecule has 4 heterocycles. The number of fused-ring (bicyclic) bond motifs is 7. The Morgan fingerprint density at radius 1 is 0.441 bits per heavy atom. The van der Waals surface area contributed by atoms with Crippen molar-refractivity contribution in [2.24, 2.45) is 0 Å². The summed E-state index contributed by atoms with van der Waals surface area (Å²) in [5.74, 6) is 2.70. The van der Waals surface area contributed by atoms with Gasteiger partial charge in [0.25, 0.3) is 5.82 Å². The fourth-order valence-electron chi connectivity index (χ4n) is 8.76. The summed E-state index contributed by atoms with van der Waals surface area (Å²) in [4.78, 5) is 19.7. The molecule has 0 spiro atoms. The van der Waals surface area contributed by atoms with E-state index in [1.54, 1.807) is 0 Å². The molecule has 0 fully saturated rings. The van der Waals surface area contributed by atoms with Crippen molar-refractivity contribution in [3.63, 3.8) is 0 Å². The Balaban J connectivity index is 1.14. The van der Waals surface area contributed by atoms with Crippen LogP contribution in [0.3, 0.4) is 0 Å². The zero-order valence-electron chi connectivity index (χ0n) is 31.6. The number of benzene rings is 8. The Morgan fingerprint density at radius 2 is 1.00 bits per heavy atom. The summed E-state index contributed by atoms with van der Waals surface area (Å²) in [5.41, 5.74) is 11.7. The lowest BCUT2D eigenvalue weighted by Crippen LogP contribution is -2.31. The van der Waals surface area contributed by atoms with Gasteiger partial charge in [0, 0.05) is 43.9 Å². The van der Waals surface area contributed by atoms with Crippen molar-refractivity contribution < 1.29 is 8.98 Å². The van der Waals surface area contributed by atoms with Crippen LogP contribution in [-0.4, -0.2) is 24.5 Å². The van der Waals surface area contributed by atoms with Crippen LogP contribution in [0.4, 0.5) is 0 Å². The number of aromatic amines is 1. The van der Waals surface area contributed by atoms with E-state index >= 15 is 0 Å². The molecule has 0 aliphatic carbocycles. The highest BCUT2D eigenvalue weighted by atomic mass is 16.3. The topological polar surface area (TPSA) is 76.4 Å². The molecule has 12 rings (SSSR count). The normalized spacial score (nSPS) is 11.7. The second-order valence-corrected chi connectivity index (χ2v) is 14.7. The predicted molar refractivity (Wildman–Crippen MR) is 237 cm³/mol. The minimum Gasteiger partial charge on any atom is -0.456 e. The minimum absolute atomic E-state index is 0.563. The van der Waals surface area contributed by atoms with Crippen molar-refractivity contribution in [1.82, 2.24) is 24.5 Å². The number of aromatic nitrogens is 6. The van der Waals surface area contributed by atoms with Crippen LogP contribution in [0, 0.1) is 0 Å². The quantitative estimate of drug-likeness (QED) is 0.171. The molecule has 7 nitrogen and oxygen atoms in total. The van der Waals surface area contributed by atoms with E-state index in [0.717, 1.165) is 94.2 Å². The smallest absolute Gasteiger partial charge is 0.293 e. The monoisotopic (exact) mass is 757 g/mol. The van der Waals surface area contributed by atoms with Crippen molar-refractivity contribution in [3.05, 3.63) is 194 Å². The molecule has 0 saturated carbocycles. The summed E-state index contributed by atoms with van der Waals surface area (Å²) in [5, 5.41) is 4.13. The molecular weight excluding hydrogens is 725 g/mol. The summed E-state index contributed by atoms with van der Waals surface area (Å²) in [7, 11) is 0. The molecule has 4 aromatic heterocycles. The SMILES string of the molecule is c1ccc(-c2nc(-c3cccc4oc5cccc(-c6[nH]c7ccccc7[n+]6-c6ccccc6)c5c34)nc(-c3cccc4c3c3ccccc3n4-c3ccccc3)n2)cc1. The molecule has 0 bridgehead atoms. The van der Waals surface area contributed by atoms with Crippen LogP contribution < -0.4 is 4.57 Å². The van der Waals surface area contributed by atoms with E-state index in [-0.39, 0.29) is 0 Å². The maximum atomic E-state index is 6.68. The Kier molecular flexibility index (Phi) is 7.40. The number of nitrogens with zero attached hydrogens (tertiary/aromatic N) is 5. The Morgan fingerprint density at radius 3 is 1.76 bits per heavy atom. The second-order valence-electron chi connectivity index (χ2n) is 14.7. The highest BCUT2D eigenvalue weighted by Crippen LogP contribution is 2.42. The molecule has 0 unspecified atom stereocenters. The summed E-state index contributed by atoms with van der Waals surface area (Å²) in [6.07, 6.45) is 0. The highest BCUT2D eigenvalue weighted by Gasteiger charge is 2.27. The van der Waals surface area contributed by atoms with E-state index < -0.39 is 0 Å². The standard InChI is InChI=1S/C52H32N6O/c1-4-17-33(18-5-1)49-54-50(37-24-14-30-43-46(37)36-23-10-12-28-41(36)57(43)34-19-6-2-7-20-34)56-51(55-49)38-25-15-31-44-47(38)48-39(26-16-32-45(48)59-44)52-53-40-27-11-13-29-42(40)58(52)35-21-8-3-9-22-35/h1-32H/p+1. The van der Waals surface area contributed by atoms with Gasteiger partial charge in [-0.3, -0.25) is 0 Å². The van der Waals surface area contributed by atoms with Gasteiger partial charge in [0.15, 0.2) is 28.5 Å². The third kappa shape index (κ3) is 5.22. The molecular formula is C52H33N6O+. The maximum Gasteiger partial charge on any atom is 0.293 e. The minimum atomic E-state index is 0.563. The molecule has 8 aromatic carbocycles. The number of rotatable bonds is 6.